The van der Waals surface area contributed by atoms with Crippen LogP contribution in [0.4, 0.5) is 4.79 Å². The minimum absolute atomic E-state index is 0.106. The number of alkyl carbamates (subject to hydrolysis) is 1. The van der Waals surface area contributed by atoms with Crippen molar-refractivity contribution in [2.24, 2.45) is 5.10 Å². The van der Waals surface area contributed by atoms with Crippen molar-refractivity contribution in [3.8, 4) is 0 Å². The van der Waals surface area contributed by atoms with Crippen LogP contribution in [0, 0.1) is 0 Å². The van der Waals surface area contributed by atoms with Gasteiger partial charge in [-0.1, -0.05) is 76.6 Å². The standard InChI is InChI=1S/C26H23BrN4O3/c27-21-10-6-9-19(13-21)15-29-31-25(32)24(14-20-16-28-23-12-5-4-11-22(20)23)30-26(33)34-17-18-7-2-1-3-8-18/h1-13,15-16,24,28H,14,17H2,(H,30,33)(H,31,32)/b29-15-/t24-/m1/s1. The Labute approximate surface area is 205 Å². The first-order valence-corrected chi connectivity index (χ1v) is 11.5. The molecule has 0 aliphatic carbocycles. The van der Waals surface area contributed by atoms with Crippen molar-refractivity contribution in [1.29, 1.82) is 0 Å². The highest BCUT2D eigenvalue weighted by molar-refractivity contribution is 9.10. The van der Waals surface area contributed by atoms with Crippen molar-refractivity contribution < 1.29 is 14.3 Å². The van der Waals surface area contributed by atoms with Crippen LogP contribution in [-0.4, -0.2) is 29.2 Å². The van der Waals surface area contributed by atoms with Crippen LogP contribution in [0.15, 0.2) is 94.6 Å². The van der Waals surface area contributed by atoms with E-state index in [2.05, 4.69) is 36.8 Å². The Bertz CT molecular complexity index is 1300. The molecule has 0 fully saturated rings. The number of aromatic amines is 1. The predicted molar refractivity (Wildman–Crippen MR) is 135 cm³/mol. The van der Waals surface area contributed by atoms with Crippen molar-refractivity contribution in [2.45, 2.75) is 19.1 Å². The summed E-state index contributed by atoms with van der Waals surface area (Å²) in [7, 11) is 0. The molecule has 34 heavy (non-hydrogen) atoms. The molecule has 0 bridgehead atoms. The molecule has 4 aromatic rings. The number of rotatable bonds is 8. The smallest absolute Gasteiger partial charge is 0.408 e. The van der Waals surface area contributed by atoms with E-state index < -0.39 is 18.0 Å². The molecule has 1 aromatic heterocycles. The summed E-state index contributed by atoms with van der Waals surface area (Å²) in [6.45, 7) is 0.106. The molecule has 0 saturated carbocycles. The molecule has 172 valence electrons. The average molecular weight is 519 g/mol. The topological polar surface area (TPSA) is 95.6 Å². The Balaban J connectivity index is 1.45. The minimum Gasteiger partial charge on any atom is -0.445 e. The van der Waals surface area contributed by atoms with Gasteiger partial charge in [0.25, 0.3) is 5.91 Å². The van der Waals surface area contributed by atoms with Crippen LogP contribution < -0.4 is 10.7 Å². The fourth-order valence-electron chi connectivity index (χ4n) is 3.47. The van der Waals surface area contributed by atoms with Crippen molar-refractivity contribution >= 4 is 45.0 Å². The molecule has 2 amide bonds. The number of carbonyl (C=O) groups is 2. The third-order valence-corrected chi connectivity index (χ3v) is 5.65. The summed E-state index contributed by atoms with van der Waals surface area (Å²) >= 11 is 3.40. The van der Waals surface area contributed by atoms with Gasteiger partial charge in [-0.15, -0.1) is 0 Å². The lowest BCUT2D eigenvalue weighted by Crippen LogP contribution is -2.47. The van der Waals surface area contributed by atoms with Gasteiger partial charge in [0.2, 0.25) is 0 Å². The van der Waals surface area contributed by atoms with E-state index >= 15 is 0 Å². The number of hydrazone groups is 1. The molecule has 0 spiro atoms. The highest BCUT2D eigenvalue weighted by Gasteiger charge is 2.23. The van der Waals surface area contributed by atoms with Crippen LogP contribution in [0.5, 0.6) is 0 Å². The maximum Gasteiger partial charge on any atom is 0.408 e. The van der Waals surface area contributed by atoms with Crippen molar-refractivity contribution in [1.82, 2.24) is 15.7 Å². The van der Waals surface area contributed by atoms with Gasteiger partial charge in [0, 0.05) is 28.0 Å². The largest absolute Gasteiger partial charge is 0.445 e. The fourth-order valence-corrected chi connectivity index (χ4v) is 3.89. The molecular formula is C26H23BrN4O3. The second kappa shape index (κ2) is 11.3. The molecular weight excluding hydrogens is 496 g/mol. The van der Waals surface area contributed by atoms with Crippen LogP contribution in [0.2, 0.25) is 0 Å². The Morgan fingerprint density at radius 1 is 1.03 bits per heavy atom. The molecule has 1 heterocycles. The van der Waals surface area contributed by atoms with E-state index in [-0.39, 0.29) is 13.0 Å². The van der Waals surface area contributed by atoms with E-state index in [1.54, 1.807) is 6.21 Å². The zero-order chi connectivity index (χ0) is 23.8. The molecule has 8 heteroatoms. The number of hydrogen-bond acceptors (Lipinski definition) is 4. The molecule has 7 nitrogen and oxygen atoms in total. The number of amides is 2. The SMILES string of the molecule is O=C(N[C@H](Cc1c[nH]c2ccccc12)C(=O)N/N=C\c1cccc(Br)c1)OCc1ccccc1. The zero-order valence-corrected chi connectivity index (χ0v) is 19.8. The maximum absolute atomic E-state index is 13.0. The summed E-state index contributed by atoms with van der Waals surface area (Å²) in [5.41, 5.74) is 6.05. The first-order valence-electron chi connectivity index (χ1n) is 10.7. The number of para-hydroxylation sites is 1. The molecule has 1 atom stereocenters. The Kier molecular flexibility index (Phi) is 7.72. The highest BCUT2D eigenvalue weighted by Crippen LogP contribution is 2.19. The van der Waals surface area contributed by atoms with Gasteiger partial charge in [-0.05, 0) is 34.9 Å². The van der Waals surface area contributed by atoms with Crippen molar-refractivity contribution in [2.75, 3.05) is 0 Å². The van der Waals surface area contributed by atoms with Gasteiger partial charge in [0.15, 0.2) is 0 Å². The van der Waals surface area contributed by atoms with E-state index in [1.165, 1.54) is 0 Å². The van der Waals surface area contributed by atoms with Gasteiger partial charge >= 0.3 is 6.09 Å². The first kappa shape index (κ1) is 23.3. The summed E-state index contributed by atoms with van der Waals surface area (Å²) in [6, 6.07) is 23.8. The zero-order valence-electron chi connectivity index (χ0n) is 18.2. The highest BCUT2D eigenvalue weighted by atomic mass is 79.9. The van der Waals surface area contributed by atoms with Gasteiger partial charge in [0.05, 0.1) is 6.21 Å². The normalized spacial score (nSPS) is 11.9. The van der Waals surface area contributed by atoms with Gasteiger partial charge in [-0.3, -0.25) is 4.79 Å². The first-order chi connectivity index (χ1) is 16.6. The Morgan fingerprint density at radius 2 is 1.82 bits per heavy atom. The number of fused-ring (bicyclic) bond motifs is 1. The lowest BCUT2D eigenvalue weighted by molar-refractivity contribution is -0.123. The number of ether oxygens (including phenoxy) is 1. The van der Waals surface area contributed by atoms with E-state index in [4.69, 9.17) is 4.74 Å². The number of halogens is 1. The van der Waals surface area contributed by atoms with Crippen LogP contribution in [0.25, 0.3) is 10.9 Å². The number of benzene rings is 3. The quantitative estimate of drug-likeness (QED) is 0.228. The molecule has 4 rings (SSSR count). The maximum atomic E-state index is 13.0. The fraction of sp³-hybridized carbons (Fsp3) is 0.115. The van der Waals surface area contributed by atoms with E-state index in [9.17, 15) is 9.59 Å². The van der Waals surface area contributed by atoms with Crippen LogP contribution in [0.1, 0.15) is 16.7 Å². The van der Waals surface area contributed by atoms with E-state index in [0.29, 0.717) is 0 Å². The summed E-state index contributed by atoms with van der Waals surface area (Å²) in [5.74, 6) is -0.451. The summed E-state index contributed by atoms with van der Waals surface area (Å²) < 4.78 is 6.23. The number of H-pyrrole nitrogens is 1. The van der Waals surface area contributed by atoms with Gasteiger partial charge < -0.3 is 15.0 Å². The number of carbonyl (C=O) groups excluding carboxylic acids is 2. The average Bonchev–Trinajstić information content (AvgIpc) is 3.26. The summed E-state index contributed by atoms with van der Waals surface area (Å²) in [5, 5.41) is 7.71. The molecule has 0 aliphatic heterocycles. The van der Waals surface area contributed by atoms with Crippen molar-refractivity contribution in [3.63, 3.8) is 0 Å². The van der Waals surface area contributed by atoms with Crippen LogP contribution >= 0.6 is 15.9 Å². The number of nitrogens with zero attached hydrogens (tertiary/aromatic N) is 1. The van der Waals surface area contributed by atoms with E-state index in [1.807, 2.05) is 85.1 Å². The Hall–Kier alpha value is -3.91. The van der Waals surface area contributed by atoms with Gasteiger partial charge in [-0.2, -0.15) is 5.10 Å². The lowest BCUT2D eigenvalue weighted by atomic mass is 10.0. The predicted octanol–water partition coefficient (Wildman–Crippen LogP) is 4.92. The van der Waals surface area contributed by atoms with Crippen LogP contribution in [0.3, 0.4) is 0 Å². The number of nitrogens with one attached hydrogen (secondary N) is 3. The number of aromatic nitrogens is 1. The molecule has 0 aliphatic rings. The number of hydrogen-bond donors (Lipinski definition) is 3. The molecule has 3 aromatic carbocycles. The molecule has 0 saturated heterocycles. The lowest BCUT2D eigenvalue weighted by Gasteiger charge is -2.17. The van der Waals surface area contributed by atoms with Crippen LogP contribution in [-0.2, 0) is 22.6 Å². The molecule has 0 radical (unpaired) electrons. The molecule has 0 unspecified atom stereocenters. The van der Waals surface area contributed by atoms with Gasteiger partial charge in [0.1, 0.15) is 12.6 Å². The second-order valence-corrected chi connectivity index (χ2v) is 8.53. The third-order valence-electron chi connectivity index (χ3n) is 5.16. The third kappa shape index (κ3) is 6.32. The van der Waals surface area contributed by atoms with Gasteiger partial charge in [-0.25, -0.2) is 10.2 Å². The summed E-state index contributed by atoms with van der Waals surface area (Å²) in [6.07, 6.45) is 2.97. The monoisotopic (exact) mass is 518 g/mol. The Morgan fingerprint density at radius 3 is 2.65 bits per heavy atom. The molecule has 3 N–H and O–H groups in total. The van der Waals surface area contributed by atoms with Crippen molar-refractivity contribution in [3.05, 3.63) is 106 Å². The van der Waals surface area contributed by atoms with E-state index in [0.717, 1.165) is 32.1 Å². The summed E-state index contributed by atoms with van der Waals surface area (Å²) in [4.78, 5) is 28.6. The minimum atomic E-state index is -0.887. The second-order valence-electron chi connectivity index (χ2n) is 7.61.